The van der Waals surface area contributed by atoms with Gasteiger partial charge in [-0.1, -0.05) is 77.2 Å². The van der Waals surface area contributed by atoms with Gasteiger partial charge in [0.15, 0.2) is 0 Å². The lowest BCUT2D eigenvalue weighted by molar-refractivity contribution is -0.144. The summed E-state index contributed by atoms with van der Waals surface area (Å²) in [7, 11) is 0. The molecule has 0 atom stereocenters. The van der Waals surface area contributed by atoms with E-state index in [1.807, 2.05) is 0 Å². The topological polar surface area (TPSA) is 52.6 Å². The molecule has 5 heteroatoms. The lowest BCUT2D eigenvalue weighted by Crippen LogP contribution is -2.10. The predicted octanol–water partition coefficient (Wildman–Crippen LogP) is 6.76. The zero-order valence-electron chi connectivity index (χ0n) is 17.9. The molecule has 164 valence electrons. The van der Waals surface area contributed by atoms with E-state index in [2.05, 4.69) is 6.92 Å². The number of benzene rings is 1. The Kier molecular flexibility index (Phi) is 14.7. The normalized spacial score (nSPS) is 10.7. The fraction of sp³-hybridized carbons (Fsp3) is 0.667. The van der Waals surface area contributed by atoms with Crippen LogP contribution in [0.5, 0.6) is 5.75 Å². The first-order valence-electron chi connectivity index (χ1n) is 11.2. The molecule has 0 amide bonds. The van der Waals surface area contributed by atoms with Gasteiger partial charge in [-0.05, 0) is 25.0 Å². The fourth-order valence-electron chi connectivity index (χ4n) is 3.11. The Hall–Kier alpha value is -1.91. The van der Waals surface area contributed by atoms with Gasteiger partial charge in [-0.25, -0.2) is 4.39 Å². The molecule has 0 unspecified atom stereocenters. The van der Waals surface area contributed by atoms with Crippen LogP contribution in [0.3, 0.4) is 0 Å². The second-order valence-electron chi connectivity index (χ2n) is 7.54. The molecule has 0 saturated heterocycles. The molecule has 0 bridgehead atoms. The molecule has 1 aromatic carbocycles. The van der Waals surface area contributed by atoms with Crippen molar-refractivity contribution in [3.8, 4) is 5.75 Å². The minimum absolute atomic E-state index is 0.101. The largest absolute Gasteiger partial charge is 0.466 e. The van der Waals surface area contributed by atoms with Crippen LogP contribution < -0.4 is 4.74 Å². The van der Waals surface area contributed by atoms with E-state index in [0.29, 0.717) is 13.0 Å². The molecular formula is C24H37FO4. The second kappa shape index (κ2) is 17.0. The SMILES string of the molecule is CCCCCCCCCCCCCOC(=O)CCCC(=O)Oc1cccc(F)c1. The molecule has 0 aromatic heterocycles. The average Bonchev–Trinajstić information content (AvgIpc) is 2.69. The summed E-state index contributed by atoms with van der Waals surface area (Å²) in [6, 6.07) is 5.43. The Labute approximate surface area is 175 Å². The molecule has 0 aliphatic carbocycles. The summed E-state index contributed by atoms with van der Waals surface area (Å²) in [6.07, 6.45) is 14.5. The zero-order chi connectivity index (χ0) is 21.2. The molecule has 4 nitrogen and oxygen atoms in total. The van der Waals surface area contributed by atoms with Gasteiger partial charge in [0.05, 0.1) is 6.61 Å². The van der Waals surface area contributed by atoms with E-state index < -0.39 is 11.8 Å². The van der Waals surface area contributed by atoms with Gasteiger partial charge in [0.25, 0.3) is 0 Å². The number of hydrogen-bond acceptors (Lipinski definition) is 4. The summed E-state index contributed by atoms with van der Waals surface area (Å²) in [5, 5.41) is 0. The van der Waals surface area contributed by atoms with Crippen LogP contribution in [0.15, 0.2) is 24.3 Å². The van der Waals surface area contributed by atoms with Crippen molar-refractivity contribution >= 4 is 11.9 Å². The second-order valence-corrected chi connectivity index (χ2v) is 7.54. The molecule has 0 aliphatic rings. The Morgan fingerprint density at radius 2 is 1.38 bits per heavy atom. The van der Waals surface area contributed by atoms with Gasteiger partial charge in [-0.3, -0.25) is 9.59 Å². The highest BCUT2D eigenvalue weighted by Crippen LogP contribution is 2.14. The number of unbranched alkanes of at least 4 members (excludes halogenated alkanes) is 10. The number of esters is 2. The highest BCUT2D eigenvalue weighted by Gasteiger charge is 2.09. The van der Waals surface area contributed by atoms with Crippen molar-refractivity contribution in [3.05, 3.63) is 30.1 Å². The molecular weight excluding hydrogens is 371 g/mol. The third-order valence-corrected chi connectivity index (χ3v) is 4.80. The number of carbonyl (C=O) groups excluding carboxylic acids is 2. The van der Waals surface area contributed by atoms with Crippen LogP contribution in [-0.4, -0.2) is 18.5 Å². The first kappa shape index (κ1) is 25.1. The molecule has 0 spiro atoms. The zero-order valence-corrected chi connectivity index (χ0v) is 17.9. The number of hydrogen-bond donors (Lipinski definition) is 0. The van der Waals surface area contributed by atoms with Crippen LogP contribution >= 0.6 is 0 Å². The number of halogens is 1. The minimum atomic E-state index is -0.478. The molecule has 0 N–H and O–H groups in total. The molecule has 1 rings (SSSR count). The summed E-state index contributed by atoms with van der Waals surface area (Å²) in [4.78, 5) is 23.4. The molecule has 29 heavy (non-hydrogen) atoms. The van der Waals surface area contributed by atoms with Crippen molar-refractivity contribution in [2.45, 2.75) is 96.8 Å². The molecule has 0 heterocycles. The lowest BCUT2D eigenvalue weighted by Gasteiger charge is -2.06. The number of rotatable bonds is 17. The highest BCUT2D eigenvalue weighted by molar-refractivity contribution is 5.74. The van der Waals surface area contributed by atoms with E-state index in [0.717, 1.165) is 18.9 Å². The monoisotopic (exact) mass is 408 g/mol. The summed E-state index contributed by atoms with van der Waals surface area (Å²) in [5.41, 5.74) is 0. The van der Waals surface area contributed by atoms with Crippen LogP contribution in [0, 0.1) is 5.82 Å². The van der Waals surface area contributed by atoms with Gasteiger partial charge < -0.3 is 9.47 Å². The van der Waals surface area contributed by atoms with E-state index in [4.69, 9.17) is 9.47 Å². The maximum Gasteiger partial charge on any atom is 0.311 e. The van der Waals surface area contributed by atoms with Gasteiger partial charge >= 0.3 is 11.9 Å². The molecule has 0 aliphatic heterocycles. The van der Waals surface area contributed by atoms with Crippen molar-refractivity contribution in [3.63, 3.8) is 0 Å². The first-order chi connectivity index (χ1) is 14.1. The number of ether oxygens (including phenoxy) is 2. The van der Waals surface area contributed by atoms with E-state index in [-0.39, 0.29) is 24.6 Å². The summed E-state index contributed by atoms with van der Waals surface area (Å²) in [5.74, 6) is -1.04. The summed E-state index contributed by atoms with van der Waals surface area (Å²) < 4.78 is 23.2. The van der Waals surface area contributed by atoms with Crippen LogP contribution in [0.25, 0.3) is 0 Å². The quantitative estimate of drug-likeness (QED) is 0.162. The van der Waals surface area contributed by atoms with Crippen molar-refractivity contribution in [1.29, 1.82) is 0 Å². The van der Waals surface area contributed by atoms with Crippen LogP contribution in [-0.2, 0) is 14.3 Å². The number of carbonyl (C=O) groups is 2. The Balaban J connectivity index is 1.90. The van der Waals surface area contributed by atoms with Gasteiger partial charge in [0.1, 0.15) is 11.6 Å². The molecule has 0 saturated carbocycles. The van der Waals surface area contributed by atoms with Gasteiger partial charge in [0.2, 0.25) is 0 Å². The average molecular weight is 409 g/mol. The Bertz CT molecular complexity index is 574. The summed E-state index contributed by atoms with van der Waals surface area (Å²) >= 11 is 0. The van der Waals surface area contributed by atoms with Gasteiger partial charge in [-0.15, -0.1) is 0 Å². The van der Waals surface area contributed by atoms with Crippen molar-refractivity contribution in [2.24, 2.45) is 0 Å². The van der Waals surface area contributed by atoms with Crippen molar-refractivity contribution in [1.82, 2.24) is 0 Å². The minimum Gasteiger partial charge on any atom is -0.466 e. The maximum atomic E-state index is 13.0. The predicted molar refractivity (Wildman–Crippen MR) is 113 cm³/mol. The van der Waals surface area contributed by atoms with E-state index in [1.165, 1.54) is 76.0 Å². The smallest absolute Gasteiger partial charge is 0.311 e. The Morgan fingerprint density at radius 3 is 2.00 bits per heavy atom. The van der Waals surface area contributed by atoms with Gasteiger partial charge in [-0.2, -0.15) is 0 Å². The molecule has 0 radical (unpaired) electrons. The molecule has 0 fully saturated rings. The van der Waals surface area contributed by atoms with E-state index >= 15 is 0 Å². The van der Waals surface area contributed by atoms with Crippen molar-refractivity contribution in [2.75, 3.05) is 6.61 Å². The van der Waals surface area contributed by atoms with E-state index in [9.17, 15) is 14.0 Å². The third-order valence-electron chi connectivity index (χ3n) is 4.80. The first-order valence-corrected chi connectivity index (χ1v) is 11.2. The lowest BCUT2D eigenvalue weighted by atomic mass is 10.1. The van der Waals surface area contributed by atoms with Crippen LogP contribution in [0.4, 0.5) is 4.39 Å². The van der Waals surface area contributed by atoms with Crippen LogP contribution in [0.2, 0.25) is 0 Å². The maximum absolute atomic E-state index is 13.0. The summed E-state index contributed by atoms with van der Waals surface area (Å²) in [6.45, 7) is 2.69. The standard InChI is InChI=1S/C24H37FO4/c1-2-3-4-5-6-7-8-9-10-11-12-19-28-23(26)17-14-18-24(27)29-22-16-13-15-21(25)20-22/h13,15-16,20H,2-12,14,17-19H2,1H3. The van der Waals surface area contributed by atoms with Crippen molar-refractivity contribution < 1.29 is 23.5 Å². The van der Waals surface area contributed by atoms with Crippen LogP contribution in [0.1, 0.15) is 96.8 Å². The molecule has 1 aromatic rings. The third kappa shape index (κ3) is 14.7. The van der Waals surface area contributed by atoms with Gasteiger partial charge in [0, 0.05) is 18.9 Å². The fourth-order valence-corrected chi connectivity index (χ4v) is 3.11. The van der Waals surface area contributed by atoms with E-state index in [1.54, 1.807) is 0 Å². The highest BCUT2D eigenvalue weighted by atomic mass is 19.1. The Morgan fingerprint density at radius 1 is 0.793 bits per heavy atom.